The topological polar surface area (TPSA) is 54.4 Å². The minimum atomic E-state index is -7.37. The average Bonchev–Trinajstić information content (AvgIpc) is 2.73. The summed E-state index contributed by atoms with van der Waals surface area (Å²) in [6.45, 7) is 13.3. The van der Waals surface area contributed by atoms with Crippen LogP contribution < -0.4 is 0 Å². The Morgan fingerprint density at radius 3 is 0.974 bits per heavy atom. The highest BCUT2D eigenvalue weighted by molar-refractivity contribution is 14.0. The highest BCUT2D eigenvalue weighted by Gasteiger charge is 2.85. The van der Waals surface area contributed by atoms with Crippen molar-refractivity contribution in [1.82, 2.24) is 0 Å². The van der Waals surface area contributed by atoms with Gasteiger partial charge in [0.05, 0.1) is 0 Å². The van der Waals surface area contributed by atoms with Crippen molar-refractivity contribution in [2.45, 2.75) is 75.6 Å². The summed E-state index contributed by atoms with van der Waals surface area (Å²) in [7, 11) is -7.17. The number of hydrogen-bond acceptors (Lipinski definition) is 2. The molecule has 2 aromatic rings. The van der Waals surface area contributed by atoms with Crippen LogP contribution in [0.1, 0.15) is 52.7 Å². The van der Waals surface area contributed by atoms with Gasteiger partial charge in [-0.15, -0.1) is 24.0 Å². The zero-order chi connectivity index (χ0) is 29.7. The standard InChI is InChI=1S/2C10H14.C4HF9O3S.HI/c2*1-10(2,3)9-7-5-4-6-8-9;5-1(6,3(9,10)11)2(7,8)4(12,13)17(14,15)16;/h2*4-8H,1-3H3;(H,14,15,16);1H. The fourth-order valence-corrected chi connectivity index (χ4v) is 2.85. The lowest BCUT2D eigenvalue weighted by Crippen LogP contribution is -2.63. The van der Waals surface area contributed by atoms with E-state index in [0.717, 1.165) is 0 Å². The molecule has 2 aromatic carbocycles. The largest absolute Gasteiger partial charge is 0.460 e. The molecule has 0 fully saturated rings. The maximum Gasteiger partial charge on any atom is 0.460 e. The van der Waals surface area contributed by atoms with Crippen LogP contribution in [-0.4, -0.2) is 36.2 Å². The van der Waals surface area contributed by atoms with E-state index in [2.05, 4.69) is 102 Å². The van der Waals surface area contributed by atoms with Gasteiger partial charge in [-0.25, -0.2) is 0 Å². The van der Waals surface area contributed by atoms with Gasteiger partial charge in [-0.05, 0) is 22.0 Å². The molecule has 0 heterocycles. The van der Waals surface area contributed by atoms with Gasteiger partial charge in [0.1, 0.15) is 0 Å². The van der Waals surface area contributed by atoms with Crippen LogP contribution in [-0.2, 0) is 20.9 Å². The van der Waals surface area contributed by atoms with Crippen LogP contribution in [0.5, 0.6) is 0 Å². The third-order valence-corrected chi connectivity index (χ3v) is 5.62. The summed E-state index contributed by atoms with van der Waals surface area (Å²) in [5.74, 6) is -14.7. The fourth-order valence-electron chi connectivity index (χ4n) is 2.40. The van der Waals surface area contributed by atoms with E-state index in [1.165, 1.54) is 11.1 Å². The molecule has 3 nitrogen and oxygen atoms in total. The van der Waals surface area contributed by atoms with Crippen LogP contribution in [0.15, 0.2) is 60.7 Å². The van der Waals surface area contributed by atoms with Gasteiger partial charge in [0, 0.05) is 0 Å². The van der Waals surface area contributed by atoms with Gasteiger partial charge < -0.3 is 0 Å². The van der Waals surface area contributed by atoms with E-state index >= 15 is 0 Å². The van der Waals surface area contributed by atoms with E-state index in [4.69, 9.17) is 4.55 Å². The van der Waals surface area contributed by atoms with Crippen LogP contribution >= 0.6 is 24.0 Å². The van der Waals surface area contributed by atoms with E-state index in [1.54, 1.807) is 0 Å². The van der Waals surface area contributed by atoms with Crippen molar-refractivity contribution in [3.63, 3.8) is 0 Å². The number of benzene rings is 2. The predicted molar refractivity (Wildman–Crippen MR) is 138 cm³/mol. The fraction of sp³-hybridized carbons (Fsp3) is 0.500. The van der Waals surface area contributed by atoms with Crippen LogP contribution in [0, 0.1) is 0 Å². The molecule has 0 aliphatic carbocycles. The molecule has 220 valence electrons. The summed E-state index contributed by atoms with van der Waals surface area (Å²) in [5, 5.41) is -7.00. The van der Waals surface area contributed by atoms with Crippen molar-refractivity contribution in [2.24, 2.45) is 0 Å². The lowest BCUT2D eigenvalue weighted by Gasteiger charge is -2.31. The first kappa shape index (κ1) is 38.6. The lowest BCUT2D eigenvalue weighted by atomic mass is 9.87. The minimum absolute atomic E-state index is 0. The Bertz CT molecular complexity index is 1030. The molecule has 0 unspecified atom stereocenters. The summed E-state index contributed by atoms with van der Waals surface area (Å²) in [6, 6.07) is 21.1. The smallest absolute Gasteiger partial charge is 0.281 e. The molecule has 0 bridgehead atoms. The molecule has 14 heteroatoms. The van der Waals surface area contributed by atoms with Gasteiger partial charge >= 0.3 is 33.4 Å². The molecule has 1 N–H and O–H groups in total. The number of alkyl halides is 9. The minimum Gasteiger partial charge on any atom is -0.281 e. The van der Waals surface area contributed by atoms with E-state index < -0.39 is 33.4 Å². The number of halogens is 10. The molecule has 0 aliphatic rings. The Kier molecular flexibility index (Phi) is 13.4. The zero-order valence-corrected chi connectivity index (χ0v) is 24.4. The molecule has 0 atom stereocenters. The van der Waals surface area contributed by atoms with E-state index in [-0.39, 0.29) is 24.0 Å². The Morgan fingerprint density at radius 1 is 0.553 bits per heavy atom. The van der Waals surface area contributed by atoms with Crippen molar-refractivity contribution in [3.8, 4) is 0 Å². The lowest BCUT2D eigenvalue weighted by molar-refractivity contribution is -0.382. The van der Waals surface area contributed by atoms with Crippen molar-refractivity contribution in [1.29, 1.82) is 0 Å². The van der Waals surface area contributed by atoms with Crippen LogP contribution in [0.4, 0.5) is 39.5 Å². The van der Waals surface area contributed by atoms with E-state index in [9.17, 15) is 47.9 Å². The summed E-state index contributed by atoms with van der Waals surface area (Å²) < 4.78 is 134. The maximum atomic E-state index is 12.2. The Hall–Kier alpha value is -1.55. The highest BCUT2D eigenvalue weighted by Crippen LogP contribution is 2.54. The monoisotopic (exact) mass is 696 g/mol. The third-order valence-electron chi connectivity index (χ3n) is 4.72. The summed E-state index contributed by atoms with van der Waals surface area (Å²) >= 11 is 0. The summed E-state index contributed by atoms with van der Waals surface area (Å²) in [5.41, 5.74) is 3.38. The molecule has 0 radical (unpaired) electrons. The molecule has 38 heavy (non-hydrogen) atoms. The Labute approximate surface area is 233 Å². The van der Waals surface area contributed by atoms with Gasteiger partial charge in [-0.1, -0.05) is 102 Å². The quantitative estimate of drug-likeness (QED) is 0.198. The summed E-state index contributed by atoms with van der Waals surface area (Å²) in [6.07, 6.45) is -7.13. The molecule has 0 aromatic heterocycles. The van der Waals surface area contributed by atoms with Gasteiger partial charge in [0.15, 0.2) is 0 Å². The normalized spacial score (nSPS) is 13.3. The molecular weight excluding hydrogens is 666 g/mol. The molecular formula is C24H30F9IO3S. The second kappa shape index (κ2) is 13.2. The number of rotatable bonds is 3. The van der Waals surface area contributed by atoms with Crippen molar-refractivity contribution >= 4 is 34.1 Å². The highest BCUT2D eigenvalue weighted by atomic mass is 127. The first-order chi connectivity index (χ1) is 16.2. The van der Waals surface area contributed by atoms with Crippen molar-refractivity contribution < 1.29 is 52.5 Å². The van der Waals surface area contributed by atoms with Gasteiger partial charge in [-0.3, -0.25) is 4.55 Å². The Balaban J connectivity index is 0. The predicted octanol–water partition coefficient (Wildman–Crippen LogP) is 8.89. The zero-order valence-electron chi connectivity index (χ0n) is 21.3. The second-order valence-electron chi connectivity index (χ2n) is 9.87. The van der Waals surface area contributed by atoms with Gasteiger partial charge in [-0.2, -0.15) is 47.9 Å². The first-order valence-electron chi connectivity index (χ1n) is 10.5. The third kappa shape index (κ3) is 9.88. The van der Waals surface area contributed by atoms with E-state index in [1.807, 2.05) is 0 Å². The second-order valence-corrected chi connectivity index (χ2v) is 11.3. The average molecular weight is 696 g/mol. The van der Waals surface area contributed by atoms with Gasteiger partial charge in [0.25, 0.3) is 0 Å². The number of hydrogen-bond donors (Lipinski definition) is 1. The molecule has 0 amide bonds. The van der Waals surface area contributed by atoms with E-state index in [0.29, 0.717) is 10.8 Å². The first-order valence-corrected chi connectivity index (χ1v) is 11.9. The summed E-state index contributed by atoms with van der Waals surface area (Å²) in [4.78, 5) is 0. The van der Waals surface area contributed by atoms with Crippen molar-refractivity contribution in [2.75, 3.05) is 0 Å². The molecule has 0 saturated heterocycles. The molecule has 0 spiro atoms. The van der Waals surface area contributed by atoms with Crippen molar-refractivity contribution in [3.05, 3.63) is 71.8 Å². The maximum absolute atomic E-state index is 12.2. The molecule has 0 aliphatic heterocycles. The molecule has 0 saturated carbocycles. The van der Waals surface area contributed by atoms with Crippen LogP contribution in [0.2, 0.25) is 0 Å². The van der Waals surface area contributed by atoms with Gasteiger partial charge in [0.2, 0.25) is 0 Å². The van der Waals surface area contributed by atoms with Crippen LogP contribution in [0.3, 0.4) is 0 Å². The van der Waals surface area contributed by atoms with Crippen LogP contribution in [0.25, 0.3) is 0 Å². The SMILES string of the molecule is CC(C)(C)c1ccccc1.CC(C)(C)c1ccccc1.I.O=S(=O)(O)C(F)(F)C(F)(F)C(F)(F)C(F)(F)F. The molecule has 2 rings (SSSR count). The Morgan fingerprint density at radius 2 is 0.816 bits per heavy atom.